The second-order valence-electron chi connectivity index (χ2n) is 5.71. The van der Waals surface area contributed by atoms with Crippen molar-refractivity contribution < 1.29 is 9.53 Å². The number of aryl methyl sites for hydroxylation is 1. The molecule has 0 aliphatic carbocycles. The molecule has 126 valence electrons. The SMILES string of the molecule is Cc1cccc(OCCNC(=O)/C=C/c2cccc3cccnc23)c1. The Morgan fingerprint density at radius 1 is 1.16 bits per heavy atom. The number of hydrogen-bond acceptors (Lipinski definition) is 3. The summed E-state index contributed by atoms with van der Waals surface area (Å²) in [6.07, 6.45) is 5.06. The van der Waals surface area contributed by atoms with Crippen LogP contribution < -0.4 is 10.1 Å². The average Bonchev–Trinajstić information content (AvgIpc) is 2.63. The number of para-hydroxylation sites is 1. The van der Waals surface area contributed by atoms with E-state index < -0.39 is 0 Å². The number of pyridine rings is 1. The van der Waals surface area contributed by atoms with Gasteiger partial charge in [-0.15, -0.1) is 0 Å². The first kappa shape index (κ1) is 16.7. The zero-order valence-electron chi connectivity index (χ0n) is 14.1. The van der Waals surface area contributed by atoms with Crippen molar-refractivity contribution in [2.75, 3.05) is 13.2 Å². The van der Waals surface area contributed by atoms with E-state index in [0.29, 0.717) is 13.2 Å². The molecule has 0 aliphatic rings. The number of ether oxygens (including phenoxy) is 1. The van der Waals surface area contributed by atoms with Gasteiger partial charge in [-0.2, -0.15) is 0 Å². The second-order valence-corrected chi connectivity index (χ2v) is 5.71. The van der Waals surface area contributed by atoms with Crippen LogP contribution in [0.5, 0.6) is 5.75 Å². The van der Waals surface area contributed by atoms with E-state index in [9.17, 15) is 4.79 Å². The summed E-state index contributed by atoms with van der Waals surface area (Å²) in [5, 5.41) is 3.87. The normalized spacial score (nSPS) is 10.9. The maximum atomic E-state index is 11.9. The van der Waals surface area contributed by atoms with Crippen molar-refractivity contribution in [1.82, 2.24) is 10.3 Å². The van der Waals surface area contributed by atoms with Crippen molar-refractivity contribution in [3.8, 4) is 5.75 Å². The van der Waals surface area contributed by atoms with Crippen LogP contribution in [0.1, 0.15) is 11.1 Å². The van der Waals surface area contributed by atoms with Crippen LogP contribution in [0.4, 0.5) is 0 Å². The Labute approximate surface area is 147 Å². The van der Waals surface area contributed by atoms with Crippen molar-refractivity contribution in [2.24, 2.45) is 0 Å². The van der Waals surface area contributed by atoms with Crippen molar-refractivity contribution in [3.63, 3.8) is 0 Å². The predicted octanol–water partition coefficient (Wildman–Crippen LogP) is 3.75. The van der Waals surface area contributed by atoms with Crippen LogP contribution in [0.2, 0.25) is 0 Å². The van der Waals surface area contributed by atoms with Crippen LogP contribution in [0, 0.1) is 6.92 Å². The molecule has 0 spiro atoms. The number of rotatable bonds is 6. The smallest absolute Gasteiger partial charge is 0.244 e. The molecule has 1 amide bonds. The Morgan fingerprint density at radius 2 is 2.00 bits per heavy atom. The minimum absolute atomic E-state index is 0.152. The zero-order chi connectivity index (χ0) is 17.5. The Balaban J connectivity index is 1.51. The van der Waals surface area contributed by atoms with Gasteiger partial charge in [0.1, 0.15) is 12.4 Å². The summed E-state index contributed by atoms with van der Waals surface area (Å²) >= 11 is 0. The molecule has 0 radical (unpaired) electrons. The molecule has 0 unspecified atom stereocenters. The molecular formula is C21H20N2O2. The quantitative estimate of drug-likeness (QED) is 0.552. The van der Waals surface area contributed by atoms with Crippen LogP contribution in [-0.2, 0) is 4.79 Å². The molecule has 0 aliphatic heterocycles. The Kier molecular flexibility index (Phi) is 5.42. The molecule has 1 aromatic heterocycles. The highest BCUT2D eigenvalue weighted by Gasteiger charge is 2.00. The fourth-order valence-electron chi connectivity index (χ4n) is 2.53. The number of amides is 1. The summed E-state index contributed by atoms with van der Waals surface area (Å²) in [4.78, 5) is 16.3. The molecule has 4 heteroatoms. The minimum Gasteiger partial charge on any atom is -0.492 e. The summed E-state index contributed by atoms with van der Waals surface area (Å²) in [6.45, 7) is 2.89. The fraction of sp³-hybridized carbons (Fsp3) is 0.143. The first-order valence-corrected chi connectivity index (χ1v) is 8.21. The number of aromatic nitrogens is 1. The molecule has 0 atom stereocenters. The van der Waals surface area contributed by atoms with E-state index in [1.54, 1.807) is 12.3 Å². The molecule has 0 fully saturated rings. The van der Waals surface area contributed by atoms with Crippen LogP contribution in [0.25, 0.3) is 17.0 Å². The van der Waals surface area contributed by atoms with Gasteiger partial charge in [-0.1, -0.05) is 36.4 Å². The van der Waals surface area contributed by atoms with Gasteiger partial charge in [0.25, 0.3) is 0 Å². The summed E-state index contributed by atoms with van der Waals surface area (Å²) < 4.78 is 5.61. The number of hydrogen-bond donors (Lipinski definition) is 1. The number of nitrogens with zero attached hydrogens (tertiary/aromatic N) is 1. The molecule has 0 saturated heterocycles. The molecule has 1 heterocycles. The van der Waals surface area contributed by atoms with Crippen molar-refractivity contribution in [3.05, 3.63) is 78.0 Å². The maximum Gasteiger partial charge on any atom is 0.244 e. The lowest BCUT2D eigenvalue weighted by molar-refractivity contribution is -0.116. The summed E-state index contributed by atoms with van der Waals surface area (Å²) in [6, 6.07) is 17.6. The summed E-state index contributed by atoms with van der Waals surface area (Å²) in [5.74, 6) is 0.660. The molecule has 1 N–H and O–H groups in total. The predicted molar refractivity (Wildman–Crippen MR) is 100 cm³/mol. The van der Waals surface area contributed by atoms with Crippen LogP contribution in [-0.4, -0.2) is 24.0 Å². The lowest BCUT2D eigenvalue weighted by Crippen LogP contribution is -2.26. The lowest BCUT2D eigenvalue weighted by Gasteiger charge is -2.07. The molecule has 0 bridgehead atoms. The molecule has 3 aromatic rings. The third kappa shape index (κ3) is 4.67. The summed E-state index contributed by atoms with van der Waals surface area (Å²) in [7, 11) is 0. The Morgan fingerprint density at radius 3 is 2.88 bits per heavy atom. The topological polar surface area (TPSA) is 51.2 Å². The van der Waals surface area contributed by atoms with E-state index in [-0.39, 0.29) is 5.91 Å². The molecular weight excluding hydrogens is 312 g/mol. The van der Waals surface area contributed by atoms with Crippen molar-refractivity contribution in [1.29, 1.82) is 0 Å². The number of carbonyl (C=O) groups is 1. The van der Waals surface area contributed by atoms with Gasteiger partial charge in [0.2, 0.25) is 5.91 Å². The van der Waals surface area contributed by atoms with E-state index >= 15 is 0 Å². The average molecular weight is 332 g/mol. The molecule has 3 rings (SSSR count). The van der Waals surface area contributed by atoms with Gasteiger partial charge in [0.15, 0.2) is 0 Å². The standard InChI is InChI=1S/C21H20N2O2/c1-16-5-2-9-19(15-16)25-14-13-22-20(24)11-10-18-7-3-6-17-8-4-12-23-21(17)18/h2-12,15H,13-14H2,1H3,(H,22,24)/b11-10+. The van der Waals surface area contributed by atoms with Crippen LogP contribution >= 0.6 is 0 Å². The number of fused-ring (bicyclic) bond motifs is 1. The van der Waals surface area contributed by atoms with Gasteiger partial charge in [0, 0.05) is 23.2 Å². The van der Waals surface area contributed by atoms with Gasteiger partial charge in [-0.3, -0.25) is 9.78 Å². The first-order chi connectivity index (χ1) is 12.2. The van der Waals surface area contributed by atoms with Crippen molar-refractivity contribution >= 4 is 22.9 Å². The van der Waals surface area contributed by atoms with E-state index in [1.165, 1.54) is 6.08 Å². The summed E-state index contributed by atoms with van der Waals surface area (Å²) in [5.41, 5.74) is 2.95. The molecule has 4 nitrogen and oxygen atoms in total. The minimum atomic E-state index is -0.152. The molecule has 25 heavy (non-hydrogen) atoms. The van der Waals surface area contributed by atoms with Gasteiger partial charge < -0.3 is 10.1 Å². The van der Waals surface area contributed by atoms with E-state index in [2.05, 4.69) is 10.3 Å². The van der Waals surface area contributed by atoms with E-state index in [4.69, 9.17) is 4.74 Å². The third-order valence-corrected chi connectivity index (χ3v) is 3.74. The number of carbonyl (C=O) groups excluding carboxylic acids is 1. The van der Waals surface area contributed by atoms with Crippen LogP contribution in [0.3, 0.4) is 0 Å². The fourth-order valence-corrected chi connectivity index (χ4v) is 2.53. The third-order valence-electron chi connectivity index (χ3n) is 3.74. The Hall–Kier alpha value is -3.14. The highest BCUT2D eigenvalue weighted by molar-refractivity contribution is 5.95. The lowest BCUT2D eigenvalue weighted by atomic mass is 10.1. The van der Waals surface area contributed by atoms with Gasteiger partial charge in [-0.05, 0) is 36.8 Å². The monoisotopic (exact) mass is 332 g/mol. The maximum absolute atomic E-state index is 11.9. The van der Waals surface area contributed by atoms with E-state index in [1.807, 2.05) is 61.5 Å². The van der Waals surface area contributed by atoms with Gasteiger partial charge >= 0.3 is 0 Å². The van der Waals surface area contributed by atoms with Crippen LogP contribution in [0.15, 0.2) is 66.9 Å². The highest BCUT2D eigenvalue weighted by atomic mass is 16.5. The molecule has 0 saturated carbocycles. The van der Waals surface area contributed by atoms with E-state index in [0.717, 1.165) is 27.8 Å². The highest BCUT2D eigenvalue weighted by Crippen LogP contribution is 2.17. The molecule has 2 aromatic carbocycles. The number of nitrogens with one attached hydrogen (secondary N) is 1. The second kappa shape index (κ2) is 8.11. The van der Waals surface area contributed by atoms with Crippen molar-refractivity contribution in [2.45, 2.75) is 6.92 Å². The van der Waals surface area contributed by atoms with Gasteiger partial charge in [-0.25, -0.2) is 0 Å². The van der Waals surface area contributed by atoms with Gasteiger partial charge in [0.05, 0.1) is 12.1 Å². The zero-order valence-corrected chi connectivity index (χ0v) is 14.1. The Bertz CT molecular complexity index is 898. The largest absolute Gasteiger partial charge is 0.492 e. The first-order valence-electron chi connectivity index (χ1n) is 8.21. The number of benzene rings is 2.